The molecule has 0 spiro atoms. The predicted molar refractivity (Wildman–Crippen MR) is 86.0 cm³/mol. The van der Waals surface area contributed by atoms with Crippen molar-refractivity contribution in [2.45, 2.75) is 12.8 Å². The predicted octanol–water partition coefficient (Wildman–Crippen LogP) is 1.39. The van der Waals surface area contributed by atoms with E-state index in [4.69, 9.17) is 4.74 Å². The fraction of sp³-hybridized carbons (Fsp3) is 0.467. The van der Waals surface area contributed by atoms with Gasteiger partial charge < -0.3 is 15.0 Å². The monoisotopic (exact) mass is 302 g/mol. The summed E-state index contributed by atoms with van der Waals surface area (Å²) in [6.07, 6.45) is 7.07. The van der Waals surface area contributed by atoms with Crippen LogP contribution in [0, 0.1) is 0 Å². The van der Waals surface area contributed by atoms with Crippen molar-refractivity contribution in [3.8, 4) is 0 Å². The molecule has 0 aliphatic carbocycles. The molecule has 0 atom stereocenters. The van der Waals surface area contributed by atoms with Crippen LogP contribution in [0.15, 0.2) is 30.7 Å². The topological polar surface area (TPSA) is 76.1 Å². The van der Waals surface area contributed by atoms with E-state index in [1.807, 2.05) is 24.1 Å². The van der Waals surface area contributed by atoms with Gasteiger partial charge in [0.05, 0.1) is 6.20 Å². The molecule has 0 aliphatic rings. The molecular formula is C15H22N6O. The lowest BCUT2D eigenvalue weighted by Crippen LogP contribution is -2.23. The zero-order valence-electron chi connectivity index (χ0n) is 13.1. The summed E-state index contributed by atoms with van der Waals surface area (Å²) in [5, 5.41) is 11.3. The van der Waals surface area contributed by atoms with E-state index < -0.39 is 0 Å². The minimum atomic E-state index is 0.616. The molecule has 2 heterocycles. The van der Waals surface area contributed by atoms with Crippen LogP contribution >= 0.6 is 0 Å². The Bertz CT molecular complexity index is 551. The van der Waals surface area contributed by atoms with Crippen LogP contribution in [0.2, 0.25) is 0 Å². The van der Waals surface area contributed by atoms with E-state index in [1.165, 1.54) is 5.56 Å². The van der Waals surface area contributed by atoms with Crippen LogP contribution in [0.1, 0.15) is 12.0 Å². The number of methoxy groups -OCH3 is 1. The molecule has 2 aromatic heterocycles. The standard InChI is InChI=1S/C15H22N6O/c1-21(10-6-13-4-8-16-9-5-13)15-19-14(12-18-20-15)17-7-3-11-22-2/h4-5,8-9,12H,3,6-7,10-11H2,1-2H3,(H,17,19,20). The lowest BCUT2D eigenvalue weighted by atomic mass is 10.2. The van der Waals surface area contributed by atoms with E-state index in [2.05, 4.69) is 25.5 Å². The maximum atomic E-state index is 5.01. The molecule has 7 nitrogen and oxygen atoms in total. The summed E-state index contributed by atoms with van der Waals surface area (Å²) in [6, 6.07) is 4.03. The fourth-order valence-corrected chi connectivity index (χ4v) is 1.92. The van der Waals surface area contributed by atoms with Crippen molar-refractivity contribution in [3.05, 3.63) is 36.3 Å². The summed E-state index contributed by atoms with van der Waals surface area (Å²) < 4.78 is 5.01. The Morgan fingerprint density at radius 2 is 2.09 bits per heavy atom. The van der Waals surface area contributed by atoms with E-state index in [1.54, 1.807) is 25.7 Å². The van der Waals surface area contributed by atoms with Gasteiger partial charge in [-0.2, -0.15) is 10.1 Å². The third kappa shape index (κ3) is 5.25. The summed E-state index contributed by atoms with van der Waals surface area (Å²) in [4.78, 5) is 10.5. The Balaban J connectivity index is 1.85. The van der Waals surface area contributed by atoms with Gasteiger partial charge in [0.15, 0.2) is 5.82 Å². The first-order chi connectivity index (χ1) is 10.8. The van der Waals surface area contributed by atoms with Crippen LogP contribution in [0.3, 0.4) is 0 Å². The van der Waals surface area contributed by atoms with Gasteiger partial charge in [0.25, 0.3) is 0 Å². The van der Waals surface area contributed by atoms with E-state index in [0.717, 1.165) is 38.4 Å². The third-order valence-corrected chi connectivity index (χ3v) is 3.21. The summed E-state index contributed by atoms with van der Waals surface area (Å²) in [5.74, 6) is 1.35. The van der Waals surface area contributed by atoms with Crippen LogP contribution in [0.4, 0.5) is 11.8 Å². The Morgan fingerprint density at radius 1 is 1.27 bits per heavy atom. The molecule has 118 valence electrons. The zero-order valence-corrected chi connectivity index (χ0v) is 13.1. The summed E-state index contributed by atoms with van der Waals surface area (Å²) in [7, 11) is 3.66. The lowest BCUT2D eigenvalue weighted by molar-refractivity contribution is 0.197. The van der Waals surface area contributed by atoms with Gasteiger partial charge in [-0.05, 0) is 30.5 Å². The molecule has 0 amide bonds. The Hall–Kier alpha value is -2.28. The quantitative estimate of drug-likeness (QED) is 0.701. The van der Waals surface area contributed by atoms with E-state index >= 15 is 0 Å². The van der Waals surface area contributed by atoms with Gasteiger partial charge in [-0.25, -0.2) is 0 Å². The maximum absolute atomic E-state index is 5.01. The molecule has 7 heteroatoms. The number of likely N-dealkylation sites (N-methyl/N-ethyl adjacent to an activating group) is 1. The smallest absolute Gasteiger partial charge is 0.247 e. The number of ether oxygens (including phenoxy) is 1. The van der Waals surface area contributed by atoms with Crippen LogP contribution in [0.25, 0.3) is 0 Å². The highest BCUT2D eigenvalue weighted by atomic mass is 16.5. The molecule has 0 fully saturated rings. The fourth-order valence-electron chi connectivity index (χ4n) is 1.92. The molecule has 0 saturated heterocycles. The number of aromatic nitrogens is 4. The van der Waals surface area contributed by atoms with Crippen molar-refractivity contribution in [2.75, 3.05) is 44.1 Å². The van der Waals surface area contributed by atoms with Crippen LogP contribution < -0.4 is 10.2 Å². The van der Waals surface area contributed by atoms with Crippen molar-refractivity contribution in [1.29, 1.82) is 0 Å². The van der Waals surface area contributed by atoms with Crippen molar-refractivity contribution < 1.29 is 4.74 Å². The number of anilines is 2. The highest BCUT2D eigenvalue weighted by Crippen LogP contribution is 2.09. The SMILES string of the molecule is COCCCNc1cnnc(N(C)CCc2ccncc2)n1. The van der Waals surface area contributed by atoms with Gasteiger partial charge in [0.2, 0.25) is 5.95 Å². The Labute approximate surface area is 130 Å². The molecule has 1 N–H and O–H groups in total. The van der Waals surface area contributed by atoms with Crippen LogP contribution in [0.5, 0.6) is 0 Å². The number of rotatable bonds is 9. The molecule has 2 rings (SSSR count). The normalized spacial score (nSPS) is 10.5. The molecule has 22 heavy (non-hydrogen) atoms. The molecule has 0 aromatic carbocycles. The van der Waals surface area contributed by atoms with Gasteiger partial charge in [-0.1, -0.05) is 0 Å². The number of nitrogens with one attached hydrogen (secondary N) is 1. The highest BCUT2D eigenvalue weighted by molar-refractivity contribution is 5.38. The zero-order chi connectivity index (χ0) is 15.6. The van der Waals surface area contributed by atoms with E-state index in [9.17, 15) is 0 Å². The molecule has 0 radical (unpaired) electrons. The molecule has 0 unspecified atom stereocenters. The van der Waals surface area contributed by atoms with Gasteiger partial charge in [0.1, 0.15) is 0 Å². The number of nitrogens with zero attached hydrogens (tertiary/aromatic N) is 5. The second-order valence-electron chi connectivity index (χ2n) is 4.94. The van der Waals surface area contributed by atoms with E-state index in [-0.39, 0.29) is 0 Å². The van der Waals surface area contributed by atoms with Gasteiger partial charge in [-0.15, -0.1) is 5.10 Å². The maximum Gasteiger partial charge on any atom is 0.247 e. The minimum absolute atomic E-state index is 0.616. The van der Waals surface area contributed by atoms with E-state index in [0.29, 0.717) is 5.95 Å². The summed E-state index contributed by atoms with van der Waals surface area (Å²) >= 11 is 0. The molecule has 0 bridgehead atoms. The Morgan fingerprint density at radius 3 is 2.86 bits per heavy atom. The van der Waals surface area contributed by atoms with Crippen molar-refractivity contribution in [1.82, 2.24) is 20.2 Å². The van der Waals surface area contributed by atoms with Gasteiger partial charge in [0, 0.05) is 46.2 Å². The first kappa shape index (κ1) is 16.1. The van der Waals surface area contributed by atoms with Crippen molar-refractivity contribution in [2.24, 2.45) is 0 Å². The average molecular weight is 302 g/mol. The molecule has 0 saturated carbocycles. The Kier molecular flexibility index (Phi) is 6.50. The summed E-state index contributed by atoms with van der Waals surface area (Å²) in [5.41, 5.74) is 1.24. The van der Waals surface area contributed by atoms with Crippen molar-refractivity contribution in [3.63, 3.8) is 0 Å². The van der Waals surface area contributed by atoms with Crippen LogP contribution in [-0.2, 0) is 11.2 Å². The molecule has 0 aliphatic heterocycles. The van der Waals surface area contributed by atoms with Crippen LogP contribution in [-0.4, -0.2) is 54.0 Å². The first-order valence-corrected chi connectivity index (χ1v) is 7.32. The molecular weight excluding hydrogens is 280 g/mol. The average Bonchev–Trinajstić information content (AvgIpc) is 2.58. The number of hydrogen-bond acceptors (Lipinski definition) is 7. The summed E-state index contributed by atoms with van der Waals surface area (Å²) in [6.45, 7) is 2.34. The number of hydrogen-bond donors (Lipinski definition) is 1. The van der Waals surface area contributed by atoms with Crippen molar-refractivity contribution >= 4 is 11.8 Å². The third-order valence-electron chi connectivity index (χ3n) is 3.21. The molecule has 2 aromatic rings. The second kappa shape index (κ2) is 8.89. The highest BCUT2D eigenvalue weighted by Gasteiger charge is 2.06. The lowest BCUT2D eigenvalue weighted by Gasteiger charge is -2.17. The first-order valence-electron chi connectivity index (χ1n) is 7.32. The second-order valence-corrected chi connectivity index (χ2v) is 4.94. The largest absolute Gasteiger partial charge is 0.385 e. The number of pyridine rings is 1. The minimum Gasteiger partial charge on any atom is -0.385 e. The van der Waals surface area contributed by atoms with Gasteiger partial charge >= 0.3 is 0 Å². The van der Waals surface area contributed by atoms with Gasteiger partial charge in [-0.3, -0.25) is 4.98 Å².